The number of rotatable bonds is 10. The second-order valence-corrected chi connectivity index (χ2v) is 9.25. The van der Waals surface area contributed by atoms with Gasteiger partial charge in [0.05, 0.1) is 12.7 Å². The number of hydrogen-bond acceptors (Lipinski definition) is 7. The zero-order chi connectivity index (χ0) is 23.0. The molecule has 1 amide bonds. The molecule has 0 aromatic carbocycles. The van der Waals surface area contributed by atoms with Crippen molar-refractivity contribution in [1.82, 2.24) is 15.2 Å². The van der Waals surface area contributed by atoms with Gasteiger partial charge in [-0.3, -0.25) is 4.79 Å². The molecule has 0 saturated carbocycles. The zero-order valence-electron chi connectivity index (χ0n) is 19.3. The third kappa shape index (κ3) is 6.88. The molecule has 0 radical (unpaired) electrons. The zero-order valence-corrected chi connectivity index (χ0v) is 19.3. The van der Waals surface area contributed by atoms with Gasteiger partial charge in [0.1, 0.15) is 11.9 Å². The van der Waals surface area contributed by atoms with Gasteiger partial charge in [0.15, 0.2) is 0 Å². The summed E-state index contributed by atoms with van der Waals surface area (Å²) in [7, 11) is 0. The van der Waals surface area contributed by atoms with Crippen LogP contribution in [0.25, 0.3) is 0 Å². The molecule has 3 aliphatic rings. The minimum absolute atomic E-state index is 0.148. The number of anilines is 1. The minimum atomic E-state index is -0.977. The van der Waals surface area contributed by atoms with Crippen molar-refractivity contribution in [2.75, 3.05) is 51.3 Å². The van der Waals surface area contributed by atoms with Crippen molar-refractivity contribution in [3.05, 3.63) is 23.4 Å². The SMILES string of the molecule is O=C(NC(CCN1CC[C@@H](OCCc2ccc3c(n2)NCCC3)C1)C(=O)O)C1CCOCC1. The van der Waals surface area contributed by atoms with Crippen molar-refractivity contribution < 1.29 is 24.2 Å². The third-order valence-corrected chi connectivity index (χ3v) is 6.83. The molecule has 3 aliphatic heterocycles. The molecule has 4 rings (SSSR count). The standard InChI is InChI=1S/C24H36N4O5/c29-23(18-7-13-32-14-8-18)27-21(24(30)31)6-12-28-11-5-20(16-28)33-15-9-19-4-3-17-2-1-10-25-22(17)26-19/h3-4,18,20-21H,1-2,5-16H2,(H,25,26)(H,27,29)(H,30,31)/t20-,21?/m1/s1. The third-order valence-electron chi connectivity index (χ3n) is 6.83. The van der Waals surface area contributed by atoms with E-state index in [9.17, 15) is 14.7 Å². The Balaban J connectivity index is 1.15. The van der Waals surface area contributed by atoms with Crippen LogP contribution >= 0.6 is 0 Å². The summed E-state index contributed by atoms with van der Waals surface area (Å²) in [6, 6.07) is 3.40. The van der Waals surface area contributed by atoms with Crippen molar-refractivity contribution in [2.24, 2.45) is 5.92 Å². The number of carboxylic acid groups (broad SMARTS) is 1. The highest BCUT2D eigenvalue weighted by molar-refractivity contribution is 5.85. The van der Waals surface area contributed by atoms with Gasteiger partial charge in [-0.25, -0.2) is 9.78 Å². The summed E-state index contributed by atoms with van der Waals surface area (Å²) < 4.78 is 11.4. The fourth-order valence-electron chi connectivity index (χ4n) is 4.79. The number of aromatic nitrogens is 1. The molecule has 0 aliphatic carbocycles. The van der Waals surface area contributed by atoms with Gasteiger partial charge in [-0.05, 0) is 50.2 Å². The van der Waals surface area contributed by atoms with E-state index in [1.807, 2.05) is 0 Å². The van der Waals surface area contributed by atoms with Crippen molar-refractivity contribution in [1.29, 1.82) is 0 Å². The number of nitrogens with one attached hydrogen (secondary N) is 2. The number of likely N-dealkylation sites (tertiary alicyclic amines) is 1. The summed E-state index contributed by atoms with van der Waals surface area (Å²) in [5, 5.41) is 15.7. The summed E-state index contributed by atoms with van der Waals surface area (Å²) in [6.45, 7) is 5.03. The Morgan fingerprint density at radius 3 is 2.97 bits per heavy atom. The Bertz CT molecular complexity index is 814. The lowest BCUT2D eigenvalue weighted by molar-refractivity contribution is -0.143. The van der Waals surface area contributed by atoms with E-state index in [0.717, 1.165) is 56.8 Å². The fraction of sp³-hybridized carbons (Fsp3) is 0.708. The molecule has 1 unspecified atom stereocenters. The minimum Gasteiger partial charge on any atom is -0.480 e. The Hall–Kier alpha value is -2.23. The second-order valence-electron chi connectivity index (χ2n) is 9.25. The van der Waals surface area contributed by atoms with Crippen LogP contribution in [-0.2, 0) is 31.9 Å². The topological polar surface area (TPSA) is 113 Å². The van der Waals surface area contributed by atoms with Crippen LogP contribution in [0.3, 0.4) is 0 Å². The second kappa shape index (κ2) is 11.8. The Kier molecular flexibility index (Phi) is 8.52. The molecule has 9 heteroatoms. The Morgan fingerprint density at radius 1 is 1.30 bits per heavy atom. The number of pyridine rings is 1. The average molecular weight is 461 g/mol. The Labute approximate surface area is 195 Å². The first kappa shape index (κ1) is 23.9. The van der Waals surface area contributed by atoms with Crippen LogP contribution in [0.5, 0.6) is 0 Å². The van der Waals surface area contributed by atoms with Crippen molar-refractivity contribution in [3.8, 4) is 0 Å². The maximum absolute atomic E-state index is 12.4. The largest absolute Gasteiger partial charge is 0.480 e. The molecule has 1 aromatic heterocycles. The fourth-order valence-corrected chi connectivity index (χ4v) is 4.79. The van der Waals surface area contributed by atoms with Gasteiger partial charge >= 0.3 is 5.97 Å². The van der Waals surface area contributed by atoms with Crippen LogP contribution in [0.1, 0.15) is 43.4 Å². The molecule has 33 heavy (non-hydrogen) atoms. The summed E-state index contributed by atoms with van der Waals surface area (Å²) in [5.74, 6) is -0.276. The molecule has 2 atom stereocenters. The van der Waals surface area contributed by atoms with E-state index in [-0.39, 0.29) is 17.9 Å². The molecule has 1 aromatic rings. The first-order chi connectivity index (χ1) is 16.1. The number of aryl methyl sites for hydroxylation is 1. The molecule has 3 N–H and O–H groups in total. The molecule has 0 bridgehead atoms. The van der Waals surface area contributed by atoms with Crippen LogP contribution in [-0.4, -0.2) is 85.0 Å². The van der Waals surface area contributed by atoms with Gasteiger partial charge in [-0.2, -0.15) is 0 Å². The summed E-state index contributed by atoms with van der Waals surface area (Å²) >= 11 is 0. The van der Waals surface area contributed by atoms with Gasteiger partial charge < -0.3 is 30.1 Å². The van der Waals surface area contributed by atoms with Crippen LogP contribution in [0.2, 0.25) is 0 Å². The quantitative estimate of drug-likeness (QED) is 0.481. The highest BCUT2D eigenvalue weighted by atomic mass is 16.5. The highest BCUT2D eigenvalue weighted by Crippen LogP contribution is 2.20. The van der Waals surface area contributed by atoms with Crippen LogP contribution in [0.4, 0.5) is 5.82 Å². The molecule has 182 valence electrons. The lowest BCUT2D eigenvalue weighted by Gasteiger charge is -2.24. The lowest BCUT2D eigenvalue weighted by Crippen LogP contribution is -2.46. The van der Waals surface area contributed by atoms with E-state index >= 15 is 0 Å². The van der Waals surface area contributed by atoms with E-state index in [0.29, 0.717) is 45.6 Å². The average Bonchev–Trinajstić information content (AvgIpc) is 3.29. The van der Waals surface area contributed by atoms with E-state index in [2.05, 4.69) is 27.7 Å². The molecular weight excluding hydrogens is 424 g/mol. The monoisotopic (exact) mass is 460 g/mol. The molecular formula is C24H36N4O5. The molecule has 0 spiro atoms. The summed E-state index contributed by atoms with van der Waals surface area (Å²) in [5.41, 5.74) is 2.34. The van der Waals surface area contributed by atoms with Gasteiger partial charge in [0, 0.05) is 57.4 Å². The number of aliphatic carboxylic acids is 1. The van der Waals surface area contributed by atoms with Gasteiger partial charge in [0.2, 0.25) is 5.91 Å². The molecule has 2 saturated heterocycles. The summed E-state index contributed by atoms with van der Waals surface area (Å²) in [4.78, 5) is 31.0. The smallest absolute Gasteiger partial charge is 0.326 e. The first-order valence-corrected chi connectivity index (χ1v) is 12.3. The van der Waals surface area contributed by atoms with Gasteiger partial charge in [-0.1, -0.05) is 6.07 Å². The molecule has 9 nitrogen and oxygen atoms in total. The van der Waals surface area contributed by atoms with Crippen LogP contribution < -0.4 is 10.6 Å². The number of hydrogen-bond donors (Lipinski definition) is 3. The van der Waals surface area contributed by atoms with Crippen molar-refractivity contribution in [3.63, 3.8) is 0 Å². The Morgan fingerprint density at radius 2 is 2.15 bits per heavy atom. The number of carbonyl (C=O) groups excluding carboxylic acids is 1. The predicted molar refractivity (Wildman–Crippen MR) is 123 cm³/mol. The van der Waals surface area contributed by atoms with E-state index in [1.54, 1.807) is 0 Å². The van der Waals surface area contributed by atoms with Gasteiger partial charge in [-0.15, -0.1) is 0 Å². The normalized spacial score (nSPS) is 22.4. The lowest BCUT2D eigenvalue weighted by atomic mass is 9.99. The van der Waals surface area contributed by atoms with E-state index in [4.69, 9.17) is 14.5 Å². The number of carboxylic acids is 1. The number of amides is 1. The number of fused-ring (bicyclic) bond motifs is 1. The van der Waals surface area contributed by atoms with Gasteiger partial charge in [0.25, 0.3) is 0 Å². The maximum Gasteiger partial charge on any atom is 0.326 e. The van der Waals surface area contributed by atoms with Crippen molar-refractivity contribution in [2.45, 2.75) is 57.1 Å². The van der Waals surface area contributed by atoms with Crippen LogP contribution in [0.15, 0.2) is 12.1 Å². The van der Waals surface area contributed by atoms with E-state index in [1.165, 1.54) is 5.56 Å². The molecule has 4 heterocycles. The number of ether oxygens (including phenoxy) is 2. The summed E-state index contributed by atoms with van der Waals surface area (Å²) in [6.07, 6.45) is 5.82. The first-order valence-electron chi connectivity index (χ1n) is 12.3. The predicted octanol–water partition coefficient (Wildman–Crippen LogP) is 1.46. The van der Waals surface area contributed by atoms with Crippen LogP contribution in [0, 0.1) is 5.92 Å². The maximum atomic E-state index is 12.4. The number of nitrogens with zero attached hydrogens (tertiary/aromatic N) is 2. The molecule has 2 fully saturated rings. The van der Waals surface area contributed by atoms with Crippen molar-refractivity contribution >= 4 is 17.7 Å². The number of carbonyl (C=O) groups is 2. The van der Waals surface area contributed by atoms with E-state index < -0.39 is 12.0 Å². The highest BCUT2D eigenvalue weighted by Gasteiger charge is 2.29.